The first kappa shape index (κ1) is 16.4. The lowest BCUT2D eigenvalue weighted by atomic mass is 10.2. The smallest absolute Gasteiger partial charge is 0.270 e. The maximum Gasteiger partial charge on any atom is 0.270 e. The lowest BCUT2D eigenvalue weighted by molar-refractivity contribution is 0.0943. The number of hydrogen-bond donors (Lipinski definition) is 1. The van der Waals surface area contributed by atoms with Gasteiger partial charge in [0.25, 0.3) is 5.91 Å². The lowest BCUT2D eigenvalue weighted by Crippen LogP contribution is -2.33. The van der Waals surface area contributed by atoms with Crippen LogP contribution in [0.5, 0.6) is 0 Å². The van der Waals surface area contributed by atoms with E-state index < -0.39 is 9.84 Å². The summed E-state index contributed by atoms with van der Waals surface area (Å²) >= 11 is 0. The van der Waals surface area contributed by atoms with Crippen molar-refractivity contribution < 1.29 is 17.6 Å². The molecule has 0 radical (unpaired) electrons. The quantitative estimate of drug-likeness (QED) is 0.843. The third-order valence-corrected chi connectivity index (χ3v) is 5.76. The van der Waals surface area contributed by atoms with Crippen molar-refractivity contribution in [2.75, 3.05) is 23.5 Å². The molecule has 2 aromatic heterocycles. The van der Waals surface area contributed by atoms with Gasteiger partial charge in [0.1, 0.15) is 23.6 Å². The third kappa shape index (κ3) is 3.73. The molecule has 1 atom stereocenters. The van der Waals surface area contributed by atoms with Crippen molar-refractivity contribution in [1.29, 1.82) is 0 Å². The van der Waals surface area contributed by atoms with Gasteiger partial charge in [-0.25, -0.2) is 18.4 Å². The Kier molecular flexibility index (Phi) is 4.52. The second kappa shape index (κ2) is 6.60. The summed E-state index contributed by atoms with van der Waals surface area (Å²) in [4.78, 5) is 22.1. The van der Waals surface area contributed by atoms with Gasteiger partial charge in [0.05, 0.1) is 24.3 Å². The first-order valence-electron chi connectivity index (χ1n) is 7.50. The van der Waals surface area contributed by atoms with Crippen molar-refractivity contribution in [3.63, 3.8) is 0 Å². The van der Waals surface area contributed by atoms with Gasteiger partial charge >= 0.3 is 0 Å². The number of sulfone groups is 1. The summed E-state index contributed by atoms with van der Waals surface area (Å²) in [6.07, 6.45) is 3.40. The minimum atomic E-state index is -2.98. The molecule has 1 unspecified atom stereocenters. The Morgan fingerprint density at radius 3 is 2.96 bits per heavy atom. The number of nitrogens with one attached hydrogen (secondary N) is 1. The molecule has 2 aromatic rings. The first-order valence-corrected chi connectivity index (χ1v) is 9.32. The molecule has 0 aromatic carbocycles. The number of furan rings is 1. The zero-order chi connectivity index (χ0) is 17.2. The first-order chi connectivity index (χ1) is 11.4. The van der Waals surface area contributed by atoms with E-state index in [4.69, 9.17) is 4.42 Å². The van der Waals surface area contributed by atoms with Crippen LogP contribution in [0.1, 0.15) is 22.7 Å². The maximum absolute atomic E-state index is 12.2. The number of amides is 1. The Balaban J connectivity index is 1.68. The summed E-state index contributed by atoms with van der Waals surface area (Å²) in [7, 11) is -1.21. The van der Waals surface area contributed by atoms with Crippen LogP contribution in [0.25, 0.3) is 0 Å². The van der Waals surface area contributed by atoms with Crippen molar-refractivity contribution in [2.24, 2.45) is 0 Å². The van der Waals surface area contributed by atoms with E-state index >= 15 is 0 Å². The van der Waals surface area contributed by atoms with E-state index in [1.165, 1.54) is 12.6 Å². The highest BCUT2D eigenvalue weighted by atomic mass is 32.2. The average Bonchev–Trinajstić information content (AvgIpc) is 3.21. The molecular formula is C15H18N4O4S. The summed E-state index contributed by atoms with van der Waals surface area (Å²) in [6, 6.07) is 4.93. The predicted octanol–water partition coefficient (Wildman–Crippen LogP) is 0.623. The van der Waals surface area contributed by atoms with Gasteiger partial charge in [-0.2, -0.15) is 0 Å². The van der Waals surface area contributed by atoms with Crippen LogP contribution in [0.3, 0.4) is 0 Å². The molecule has 1 aliphatic heterocycles. The minimum Gasteiger partial charge on any atom is -0.467 e. The van der Waals surface area contributed by atoms with Crippen molar-refractivity contribution in [2.45, 2.75) is 19.0 Å². The predicted molar refractivity (Wildman–Crippen MR) is 87.4 cm³/mol. The largest absolute Gasteiger partial charge is 0.467 e. The van der Waals surface area contributed by atoms with Gasteiger partial charge < -0.3 is 14.6 Å². The normalized spacial score (nSPS) is 19.1. The Labute approximate surface area is 139 Å². The molecule has 3 rings (SSSR count). The van der Waals surface area contributed by atoms with Gasteiger partial charge in [0, 0.05) is 19.2 Å². The lowest BCUT2D eigenvalue weighted by Gasteiger charge is -2.24. The molecule has 3 heterocycles. The van der Waals surface area contributed by atoms with Gasteiger partial charge in [-0.1, -0.05) is 0 Å². The van der Waals surface area contributed by atoms with Gasteiger partial charge in [-0.15, -0.1) is 0 Å². The van der Waals surface area contributed by atoms with E-state index in [2.05, 4.69) is 15.3 Å². The van der Waals surface area contributed by atoms with Crippen LogP contribution in [-0.2, 0) is 16.4 Å². The fourth-order valence-electron chi connectivity index (χ4n) is 2.60. The second-order valence-corrected chi connectivity index (χ2v) is 7.92. The van der Waals surface area contributed by atoms with Crippen LogP contribution in [-0.4, -0.2) is 48.9 Å². The van der Waals surface area contributed by atoms with Crippen LogP contribution >= 0.6 is 0 Å². The van der Waals surface area contributed by atoms with Crippen molar-refractivity contribution >= 4 is 21.6 Å². The summed E-state index contributed by atoms with van der Waals surface area (Å²) in [5.74, 6) is 1.11. The Hall–Kier alpha value is -2.42. The number of rotatable bonds is 5. The number of aromatic nitrogens is 2. The number of anilines is 1. The van der Waals surface area contributed by atoms with E-state index in [1.807, 2.05) is 0 Å². The maximum atomic E-state index is 12.2. The van der Waals surface area contributed by atoms with Crippen LogP contribution in [0.4, 0.5) is 5.82 Å². The Bertz CT molecular complexity index is 820. The second-order valence-electron chi connectivity index (χ2n) is 5.69. The highest BCUT2D eigenvalue weighted by molar-refractivity contribution is 7.91. The average molecular weight is 350 g/mol. The van der Waals surface area contributed by atoms with Crippen LogP contribution in [0.2, 0.25) is 0 Å². The molecule has 8 nitrogen and oxygen atoms in total. The summed E-state index contributed by atoms with van der Waals surface area (Å²) in [6.45, 7) is 0.266. The summed E-state index contributed by atoms with van der Waals surface area (Å²) in [5.41, 5.74) is 0.222. The molecular weight excluding hydrogens is 332 g/mol. The van der Waals surface area contributed by atoms with Crippen LogP contribution in [0, 0.1) is 0 Å². The topological polar surface area (TPSA) is 105 Å². The SMILES string of the molecule is CN(c1cc(C(=O)NCc2ccco2)ncn1)C1CCS(=O)(=O)C1. The fourth-order valence-corrected chi connectivity index (χ4v) is 4.38. The molecule has 1 amide bonds. The highest BCUT2D eigenvalue weighted by Gasteiger charge is 2.31. The molecule has 9 heteroatoms. The summed E-state index contributed by atoms with van der Waals surface area (Å²) < 4.78 is 28.4. The van der Waals surface area contributed by atoms with Crippen molar-refractivity contribution in [3.8, 4) is 0 Å². The molecule has 0 spiro atoms. The molecule has 1 fully saturated rings. The summed E-state index contributed by atoms with van der Waals surface area (Å²) in [5, 5.41) is 2.71. The standard InChI is InChI=1S/C15H18N4O4S/c1-19(11-4-6-24(21,22)9-11)14-7-13(17-10-18-14)15(20)16-8-12-3-2-5-23-12/h2-3,5,7,10-11H,4,6,8-9H2,1H3,(H,16,20). The van der Waals surface area contributed by atoms with E-state index in [1.54, 1.807) is 30.1 Å². The van der Waals surface area contributed by atoms with Crippen LogP contribution in [0.15, 0.2) is 35.2 Å². The van der Waals surface area contributed by atoms with Gasteiger partial charge in [0.15, 0.2) is 9.84 Å². The molecule has 1 N–H and O–H groups in total. The number of carbonyl (C=O) groups is 1. The monoisotopic (exact) mass is 350 g/mol. The molecule has 0 bridgehead atoms. The zero-order valence-corrected chi connectivity index (χ0v) is 14.0. The molecule has 1 aliphatic rings. The third-order valence-electron chi connectivity index (χ3n) is 4.01. The van der Waals surface area contributed by atoms with Crippen molar-refractivity contribution in [3.05, 3.63) is 42.2 Å². The molecule has 128 valence electrons. The van der Waals surface area contributed by atoms with Crippen molar-refractivity contribution in [1.82, 2.24) is 15.3 Å². The number of hydrogen-bond acceptors (Lipinski definition) is 7. The molecule has 24 heavy (non-hydrogen) atoms. The molecule has 1 saturated heterocycles. The zero-order valence-electron chi connectivity index (χ0n) is 13.2. The van der Waals surface area contributed by atoms with Gasteiger partial charge in [-0.05, 0) is 18.6 Å². The van der Waals surface area contributed by atoms with Crippen LogP contribution < -0.4 is 10.2 Å². The van der Waals surface area contributed by atoms with E-state index in [0.717, 1.165) is 0 Å². The Morgan fingerprint density at radius 2 is 2.29 bits per heavy atom. The molecule has 0 saturated carbocycles. The van der Waals surface area contributed by atoms with E-state index in [-0.39, 0.29) is 35.7 Å². The van der Waals surface area contributed by atoms with Gasteiger partial charge in [-0.3, -0.25) is 4.79 Å². The highest BCUT2D eigenvalue weighted by Crippen LogP contribution is 2.21. The Morgan fingerprint density at radius 1 is 1.46 bits per heavy atom. The fraction of sp³-hybridized carbons (Fsp3) is 0.400. The van der Waals surface area contributed by atoms with Gasteiger partial charge in [0.2, 0.25) is 0 Å². The number of nitrogens with zero attached hydrogens (tertiary/aromatic N) is 3. The molecule has 0 aliphatic carbocycles. The van der Waals surface area contributed by atoms with E-state index in [0.29, 0.717) is 18.0 Å². The minimum absolute atomic E-state index is 0.105. The number of carbonyl (C=O) groups excluding carboxylic acids is 1. The van der Waals surface area contributed by atoms with E-state index in [9.17, 15) is 13.2 Å².